The van der Waals surface area contributed by atoms with Crippen molar-refractivity contribution in [1.29, 1.82) is 0 Å². The van der Waals surface area contributed by atoms with Gasteiger partial charge in [0.1, 0.15) is 6.10 Å². The van der Waals surface area contributed by atoms with Gasteiger partial charge in [0.05, 0.1) is 30.7 Å². The lowest BCUT2D eigenvalue weighted by atomic mass is 9.88. The van der Waals surface area contributed by atoms with Crippen molar-refractivity contribution in [2.75, 3.05) is 6.61 Å². The Morgan fingerprint density at radius 3 is 2.62 bits per heavy atom. The van der Waals surface area contributed by atoms with Gasteiger partial charge in [0.25, 0.3) is 0 Å². The molecule has 21 heavy (non-hydrogen) atoms. The molecule has 2 rings (SSSR count). The van der Waals surface area contributed by atoms with Crippen LogP contribution in [0.25, 0.3) is 0 Å². The van der Waals surface area contributed by atoms with E-state index in [1.165, 1.54) is 6.20 Å². The Kier molecular flexibility index (Phi) is 4.80. The molecule has 0 radical (unpaired) electrons. The average Bonchev–Trinajstić information content (AvgIpc) is 2.44. The van der Waals surface area contributed by atoms with Gasteiger partial charge in [-0.15, -0.1) is 0 Å². The Bertz CT molecular complexity index is 484. The second kappa shape index (κ2) is 6.25. The fourth-order valence-electron chi connectivity index (χ4n) is 2.39. The number of nitrogens with zero attached hydrogens (tertiary/aromatic N) is 2. The number of hydrogen-bond donors (Lipinski definition) is 2. The zero-order valence-corrected chi connectivity index (χ0v) is 11.4. The lowest BCUT2D eigenvalue weighted by Crippen LogP contribution is -2.50. The minimum atomic E-state index is -4.56. The lowest BCUT2D eigenvalue weighted by Gasteiger charge is -2.37. The summed E-state index contributed by atoms with van der Waals surface area (Å²) >= 11 is 0. The summed E-state index contributed by atoms with van der Waals surface area (Å²) in [6.07, 6.45) is -4.63. The van der Waals surface area contributed by atoms with Crippen molar-refractivity contribution in [1.82, 2.24) is 9.97 Å². The number of hydrogen-bond acceptors (Lipinski definition) is 5. The first-order valence-corrected chi connectivity index (χ1v) is 6.68. The van der Waals surface area contributed by atoms with Crippen LogP contribution < -0.4 is 0 Å². The zero-order chi connectivity index (χ0) is 15.6. The fourth-order valence-corrected chi connectivity index (χ4v) is 2.39. The van der Waals surface area contributed by atoms with Gasteiger partial charge in [0, 0.05) is 12.1 Å². The smallest absolute Gasteiger partial charge is 0.390 e. The molecule has 0 spiro atoms. The summed E-state index contributed by atoms with van der Waals surface area (Å²) in [5.74, 6) is -0.513. The van der Waals surface area contributed by atoms with Crippen molar-refractivity contribution >= 4 is 0 Å². The van der Waals surface area contributed by atoms with Crippen LogP contribution in [-0.2, 0) is 17.3 Å². The molecule has 0 amide bonds. The van der Waals surface area contributed by atoms with Gasteiger partial charge < -0.3 is 14.9 Å². The largest absolute Gasteiger partial charge is 0.434 e. The van der Waals surface area contributed by atoms with Gasteiger partial charge in [0.15, 0.2) is 5.69 Å². The third-order valence-corrected chi connectivity index (χ3v) is 3.59. The van der Waals surface area contributed by atoms with E-state index in [2.05, 4.69) is 9.97 Å². The highest BCUT2D eigenvalue weighted by Gasteiger charge is 2.38. The predicted octanol–water partition coefficient (Wildman–Crippen LogP) is 1.18. The van der Waals surface area contributed by atoms with Gasteiger partial charge in [-0.1, -0.05) is 6.92 Å². The molecule has 118 valence electrons. The molecule has 1 aliphatic heterocycles. The van der Waals surface area contributed by atoms with E-state index in [4.69, 9.17) is 4.74 Å². The number of ether oxygens (including phenoxy) is 1. The van der Waals surface area contributed by atoms with E-state index >= 15 is 0 Å². The van der Waals surface area contributed by atoms with Crippen LogP contribution >= 0.6 is 0 Å². The molecule has 0 saturated carbocycles. The maximum atomic E-state index is 12.6. The molecule has 4 atom stereocenters. The minimum Gasteiger partial charge on any atom is -0.390 e. The van der Waals surface area contributed by atoms with E-state index in [1.807, 2.05) is 6.92 Å². The molecule has 2 heterocycles. The molecule has 1 unspecified atom stereocenters. The fraction of sp³-hybridized carbons (Fsp3) is 0.692. The van der Waals surface area contributed by atoms with E-state index in [0.717, 1.165) is 0 Å². The molecule has 0 bridgehead atoms. The van der Waals surface area contributed by atoms with Crippen molar-refractivity contribution in [2.24, 2.45) is 5.92 Å². The lowest BCUT2D eigenvalue weighted by molar-refractivity contribution is -0.164. The SMILES string of the molecule is CC[C@H]1OCC(Cc2cncc(C(F)(F)F)n2)[C@@H](O)[C@H]1O. The van der Waals surface area contributed by atoms with Gasteiger partial charge in [-0.05, 0) is 12.8 Å². The maximum absolute atomic E-state index is 12.6. The summed E-state index contributed by atoms with van der Waals surface area (Å²) < 4.78 is 43.1. The molecule has 1 fully saturated rings. The zero-order valence-electron chi connectivity index (χ0n) is 11.4. The van der Waals surface area contributed by atoms with Crippen LogP contribution in [0.5, 0.6) is 0 Å². The van der Waals surface area contributed by atoms with Crippen LogP contribution in [0, 0.1) is 5.92 Å². The second-order valence-electron chi connectivity index (χ2n) is 5.12. The minimum absolute atomic E-state index is 0.0611. The monoisotopic (exact) mass is 306 g/mol. The van der Waals surface area contributed by atoms with Crippen LogP contribution in [0.4, 0.5) is 13.2 Å². The number of aliphatic hydroxyl groups excluding tert-OH is 2. The molecular weight excluding hydrogens is 289 g/mol. The molecule has 0 aliphatic carbocycles. The molecular formula is C13H17F3N2O3. The standard InChI is InChI=1S/C13H17F3N2O3/c1-2-9-12(20)11(19)7(6-21-9)3-8-4-17-5-10(18-8)13(14,15)16/h4-5,7,9,11-12,19-20H,2-3,6H2,1H3/t7?,9-,11-,12+/m1/s1. The van der Waals surface area contributed by atoms with Gasteiger partial charge in [-0.25, -0.2) is 4.98 Å². The van der Waals surface area contributed by atoms with E-state index < -0.39 is 36.1 Å². The van der Waals surface area contributed by atoms with E-state index in [9.17, 15) is 23.4 Å². The molecule has 5 nitrogen and oxygen atoms in total. The predicted molar refractivity (Wildman–Crippen MR) is 66.3 cm³/mol. The molecule has 0 aromatic carbocycles. The summed E-state index contributed by atoms with van der Waals surface area (Å²) in [6.45, 7) is 1.98. The van der Waals surface area contributed by atoms with E-state index in [0.29, 0.717) is 12.6 Å². The number of aliphatic hydroxyl groups is 2. The van der Waals surface area contributed by atoms with Gasteiger partial charge in [-0.3, -0.25) is 4.98 Å². The van der Waals surface area contributed by atoms with Crippen molar-refractivity contribution in [2.45, 2.75) is 44.3 Å². The van der Waals surface area contributed by atoms with Crippen molar-refractivity contribution in [3.05, 3.63) is 23.8 Å². The summed E-state index contributed by atoms with van der Waals surface area (Å²) in [4.78, 5) is 7.03. The van der Waals surface area contributed by atoms with Crippen molar-refractivity contribution in [3.63, 3.8) is 0 Å². The Balaban J connectivity index is 2.08. The Morgan fingerprint density at radius 1 is 1.29 bits per heavy atom. The molecule has 2 N–H and O–H groups in total. The summed E-state index contributed by atoms with van der Waals surface area (Å²) in [6, 6.07) is 0. The van der Waals surface area contributed by atoms with Crippen LogP contribution in [0.2, 0.25) is 0 Å². The quantitative estimate of drug-likeness (QED) is 0.877. The second-order valence-corrected chi connectivity index (χ2v) is 5.12. The molecule has 1 saturated heterocycles. The number of halogens is 3. The highest BCUT2D eigenvalue weighted by molar-refractivity contribution is 5.08. The summed E-state index contributed by atoms with van der Waals surface area (Å²) in [5.41, 5.74) is -0.960. The van der Waals surface area contributed by atoms with Crippen molar-refractivity contribution in [3.8, 4) is 0 Å². The number of alkyl halides is 3. The molecule has 1 aromatic heterocycles. The van der Waals surface area contributed by atoms with Crippen LogP contribution in [0.15, 0.2) is 12.4 Å². The van der Waals surface area contributed by atoms with Gasteiger partial charge in [0.2, 0.25) is 0 Å². The first kappa shape index (κ1) is 16.1. The van der Waals surface area contributed by atoms with Crippen LogP contribution in [0.3, 0.4) is 0 Å². The van der Waals surface area contributed by atoms with E-state index in [1.54, 1.807) is 0 Å². The van der Waals surface area contributed by atoms with E-state index in [-0.39, 0.29) is 18.7 Å². The Labute approximate surface area is 119 Å². The average molecular weight is 306 g/mol. The number of aromatic nitrogens is 2. The third-order valence-electron chi connectivity index (χ3n) is 3.59. The van der Waals surface area contributed by atoms with Gasteiger partial charge >= 0.3 is 6.18 Å². The maximum Gasteiger partial charge on any atom is 0.434 e. The topological polar surface area (TPSA) is 75.5 Å². The molecule has 8 heteroatoms. The highest BCUT2D eigenvalue weighted by Crippen LogP contribution is 2.28. The Hall–Kier alpha value is -1.25. The van der Waals surface area contributed by atoms with Gasteiger partial charge in [-0.2, -0.15) is 13.2 Å². The first-order chi connectivity index (χ1) is 9.82. The van der Waals surface area contributed by atoms with Crippen LogP contribution in [-0.4, -0.2) is 45.1 Å². The number of rotatable bonds is 3. The Morgan fingerprint density at radius 2 is 2.00 bits per heavy atom. The third kappa shape index (κ3) is 3.69. The summed E-state index contributed by atoms with van der Waals surface area (Å²) in [7, 11) is 0. The van der Waals surface area contributed by atoms with Crippen LogP contribution in [0.1, 0.15) is 24.7 Å². The molecule has 1 aliphatic rings. The highest BCUT2D eigenvalue weighted by atomic mass is 19.4. The first-order valence-electron chi connectivity index (χ1n) is 6.68. The molecule has 1 aromatic rings. The van der Waals surface area contributed by atoms with Crippen molar-refractivity contribution < 1.29 is 28.1 Å². The summed E-state index contributed by atoms with van der Waals surface area (Å²) in [5, 5.41) is 19.9. The normalized spacial score (nSPS) is 30.4.